The average molecular weight is 432 g/mol. The van der Waals surface area contributed by atoms with Crippen LogP contribution in [-0.2, 0) is 6.42 Å². The number of benzene rings is 1. The molecule has 1 aliphatic rings. The Hall–Kier alpha value is -3.58. The predicted molar refractivity (Wildman–Crippen MR) is 147 cm³/mol. The third-order valence-electron chi connectivity index (χ3n) is 6.28. The van der Waals surface area contributed by atoms with E-state index in [0.717, 1.165) is 19.3 Å². The molecule has 166 valence electrons. The van der Waals surface area contributed by atoms with Crippen molar-refractivity contribution < 1.29 is 0 Å². The van der Waals surface area contributed by atoms with E-state index in [1.807, 2.05) is 18.2 Å². The lowest BCUT2D eigenvalue weighted by atomic mass is 9.94. The number of para-hydroxylation sites is 1. The van der Waals surface area contributed by atoms with Crippen LogP contribution in [0.4, 0.5) is 0 Å². The highest BCUT2D eigenvalue weighted by Gasteiger charge is 2.21. The molecule has 1 nitrogen and oxygen atoms in total. The summed E-state index contributed by atoms with van der Waals surface area (Å²) in [6, 6.07) is 6.67. The molecule has 2 heterocycles. The van der Waals surface area contributed by atoms with Gasteiger partial charge in [-0.1, -0.05) is 118 Å². The molecule has 1 heteroatoms. The molecule has 0 saturated carbocycles. The minimum absolute atomic E-state index is 0.259. The summed E-state index contributed by atoms with van der Waals surface area (Å²) < 4.78 is 2.41. The van der Waals surface area contributed by atoms with Gasteiger partial charge >= 0.3 is 0 Å². The molecule has 0 amide bonds. The van der Waals surface area contributed by atoms with Crippen LogP contribution in [0.5, 0.6) is 0 Å². The number of rotatable bonds is 11. The molecule has 0 bridgehead atoms. The average Bonchev–Trinajstić information content (AvgIpc) is 3.40. The monoisotopic (exact) mass is 431 g/mol. The van der Waals surface area contributed by atoms with Crippen LogP contribution in [0.3, 0.4) is 0 Å². The third-order valence-corrected chi connectivity index (χ3v) is 6.28. The zero-order chi connectivity index (χ0) is 23.0. The second kappa shape index (κ2) is 10.8. The van der Waals surface area contributed by atoms with Crippen molar-refractivity contribution in [3.8, 4) is 0 Å². The van der Waals surface area contributed by atoms with Crippen molar-refractivity contribution in [3.05, 3.63) is 126 Å². The van der Waals surface area contributed by atoms with Crippen LogP contribution in [-0.4, -0.2) is 4.40 Å². The van der Waals surface area contributed by atoms with E-state index >= 15 is 0 Å². The van der Waals surface area contributed by atoms with E-state index in [9.17, 15) is 0 Å². The van der Waals surface area contributed by atoms with Crippen LogP contribution in [0.25, 0.3) is 28.4 Å². The highest BCUT2D eigenvalue weighted by atomic mass is 14.9. The van der Waals surface area contributed by atoms with Crippen molar-refractivity contribution >= 4 is 28.4 Å². The summed E-state index contributed by atoms with van der Waals surface area (Å²) >= 11 is 0. The molecule has 4 rings (SSSR count). The van der Waals surface area contributed by atoms with Crippen molar-refractivity contribution in [1.29, 1.82) is 0 Å². The van der Waals surface area contributed by atoms with Gasteiger partial charge in [0.25, 0.3) is 0 Å². The lowest BCUT2D eigenvalue weighted by molar-refractivity contribution is 0.796. The minimum Gasteiger partial charge on any atom is -0.308 e. The maximum absolute atomic E-state index is 4.13. The molecule has 0 fully saturated rings. The van der Waals surface area contributed by atoms with Crippen LogP contribution >= 0.6 is 0 Å². The summed E-state index contributed by atoms with van der Waals surface area (Å²) in [5.41, 5.74) is 5.39. The summed E-state index contributed by atoms with van der Waals surface area (Å²) in [4.78, 5) is 0. The van der Waals surface area contributed by atoms with E-state index < -0.39 is 0 Å². The molecule has 0 spiro atoms. The fraction of sp³-hybridized carbons (Fsp3) is 0.188. The summed E-state index contributed by atoms with van der Waals surface area (Å²) in [6.45, 7) is 10.1. The molecule has 0 saturated heterocycles. The zero-order valence-electron chi connectivity index (χ0n) is 19.6. The Morgan fingerprint density at radius 2 is 1.91 bits per heavy atom. The van der Waals surface area contributed by atoms with E-state index in [0.29, 0.717) is 0 Å². The molecule has 0 radical (unpaired) electrons. The summed E-state index contributed by atoms with van der Waals surface area (Å²) in [7, 11) is 0. The van der Waals surface area contributed by atoms with Crippen LogP contribution in [0.2, 0.25) is 0 Å². The Labute approximate surface area is 197 Å². The maximum Gasteiger partial charge on any atom is 0.0631 e. The molecule has 1 unspecified atom stereocenters. The second-order valence-electron chi connectivity index (χ2n) is 8.42. The number of allylic oxidation sites excluding steroid dienone is 13. The Balaban J connectivity index is 1.66. The molecule has 1 aliphatic carbocycles. The molecular weight excluding hydrogens is 398 g/mol. The van der Waals surface area contributed by atoms with Gasteiger partial charge in [0, 0.05) is 16.7 Å². The number of hydrogen-bond acceptors (Lipinski definition) is 0. The smallest absolute Gasteiger partial charge is 0.0631 e. The minimum atomic E-state index is 0.259. The van der Waals surface area contributed by atoms with Gasteiger partial charge in [-0.3, -0.25) is 0 Å². The Morgan fingerprint density at radius 1 is 1.06 bits per heavy atom. The highest BCUT2D eigenvalue weighted by molar-refractivity contribution is 6.04. The standard InChI is InChI=1S/C32H33N/c1-4-7-9-11-12-14-18-26(17-13-10-8-5-2)25(6-3)23-24-31-29-21-15-20-28-27-19-16-22-30(27)33(31)32(28)29/h5-6,8-17,20-24,26H,2-4,7,18-19H2,1H3/b10-8-,11-9-,14-12?,17-13?,25-23+,31-24-. The third kappa shape index (κ3) is 4.64. The molecule has 0 aliphatic heterocycles. The van der Waals surface area contributed by atoms with E-state index in [1.54, 1.807) is 6.08 Å². The van der Waals surface area contributed by atoms with Crippen molar-refractivity contribution in [2.24, 2.45) is 5.92 Å². The number of hydrogen-bond donors (Lipinski definition) is 0. The normalized spacial score (nSPS) is 16.2. The molecule has 3 aromatic rings. The fourth-order valence-electron chi connectivity index (χ4n) is 4.62. The SMILES string of the molecule is C=C/C=C\C=CC(CC=C/C=C\CCC)/C(C=C)=C/C=c1/c2cccc3c4c(n1c32)C=CC4. The lowest BCUT2D eigenvalue weighted by Gasteiger charge is -2.13. The number of nitrogens with zero attached hydrogens (tertiary/aromatic N) is 1. The first-order valence-electron chi connectivity index (χ1n) is 12.0. The molecular formula is C32H33N. The number of fused-ring (bicyclic) bond motifs is 3. The van der Waals surface area contributed by atoms with Crippen LogP contribution < -0.4 is 5.35 Å². The van der Waals surface area contributed by atoms with Gasteiger partial charge in [0.1, 0.15) is 0 Å². The number of unbranched alkanes of at least 4 members (excludes halogenated alkanes) is 1. The van der Waals surface area contributed by atoms with Gasteiger partial charge in [-0.2, -0.15) is 0 Å². The molecule has 2 aromatic heterocycles. The predicted octanol–water partition coefficient (Wildman–Crippen LogP) is 7.93. The Morgan fingerprint density at radius 3 is 2.73 bits per heavy atom. The van der Waals surface area contributed by atoms with Crippen molar-refractivity contribution in [3.63, 3.8) is 0 Å². The highest BCUT2D eigenvalue weighted by Crippen LogP contribution is 2.34. The molecule has 33 heavy (non-hydrogen) atoms. The first-order valence-corrected chi connectivity index (χ1v) is 12.0. The maximum atomic E-state index is 4.13. The van der Waals surface area contributed by atoms with Gasteiger partial charge in [-0.05, 0) is 42.6 Å². The lowest BCUT2D eigenvalue weighted by Crippen LogP contribution is -2.21. The van der Waals surface area contributed by atoms with E-state index in [-0.39, 0.29) is 5.92 Å². The van der Waals surface area contributed by atoms with E-state index in [2.05, 4.69) is 103 Å². The van der Waals surface area contributed by atoms with Crippen molar-refractivity contribution in [1.82, 2.24) is 4.40 Å². The van der Waals surface area contributed by atoms with Crippen LogP contribution in [0.1, 0.15) is 37.4 Å². The first-order chi connectivity index (χ1) is 16.3. The largest absolute Gasteiger partial charge is 0.308 e. The summed E-state index contributed by atoms with van der Waals surface area (Å²) in [5, 5.41) is 4.01. The van der Waals surface area contributed by atoms with Gasteiger partial charge in [-0.15, -0.1) is 0 Å². The molecule has 1 atom stereocenters. The van der Waals surface area contributed by atoms with Crippen molar-refractivity contribution in [2.75, 3.05) is 0 Å². The summed E-state index contributed by atoms with van der Waals surface area (Å²) in [6.07, 6.45) is 34.2. The second-order valence-corrected chi connectivity index (χ2v) is 8.42. The van der Waals surface area contributed by atoms with Gasteiger partial charge in [0.05, 0.1) is 16.6 Å². The molecule has 0 N–H and O–H groups in total. The van der Waals surface area contributed by atoms with Gasteiger partial charge < -0.3 is 4.40 Å². The van der Waals surface area contributed by atoms with Gasteiger partial charge in [-0.25, -0.2) is 0 Å². The summed E-state index contributed by atoms with van der Waals surface area (Å²) in [5.74, 6) is 0.259. The Kier molecular flexibility index (Phi) is 7.42. The number of aromatic nitrogens is 1. The zero-order valence-corrected chi connectivity index (χ0v) is 19.6. The Bertz CT molecular complexity index is 1350. The van der Waals surface area contributed by atoms with Crippen molar-refractivity contribution in [2.45, 2.75) is 32.6 Å². The molecule has 1 aromatic carbocycles. The first kappa shape index (κ1) is 22.6. The van der Waals surface area contributed by atoms with Gasteiger partial charge in [0.15, 0.2) is 0 Å². The topological polar surface area (TPSA) is 4.41 Å². The quantitative estimate of drug-likeness (QED) is 0.272. The van der Waals surface area contributed by atoms with E-state index in [4.69, 9.17) is 0 Å². The van der Waals surface area contributed by atoms with Crippen LogP contribution in [0.15, 0.2) is 110 Å². The van der Waals surface area contributed by atoms with Gasteiger partial charge in [0.2, 0.25) is 0 Å². The fourth-order valence-corrected chi connectivity index (χ4v) is 4.62. The van der Waals surface area contributed by atoms with Crippen LogP contribution in [0, 0.1) is 5.92 Å². The van der Waals surface area contributed by atoms with E-state index in [1.165, 1.54) is 44.9 Å².